The predicted molar refractivity (Wildman–Crippen MR) is 136 cm³/mol. The lowest BCUT2D eigenvalue weighted by Crippen LogP contribution is -2.45. The van der Waals surface area contributed by atoms with Crippen molar-refractivity contribution in [2.45, 2.75) is 25.3 Å². The van der Waals surface area contributed by atoms with Gasteiger partial charge in [-0.25, -0.2) is 9.50 Å². The fourth-order valence-corrected chi connectivity index (χ4v) is 4.68. The van der Waals surface area contributed by atoms with Gasteiger partial charge in [-0.05, 0) is 54.8 Å². The fourth-order valence-electron chi connectivity index (χ4n) is 4.55. The Labute approximate surface area is 208 Å². The lowest BCUT2D eigenvalue weighted by molar-refractivity contribution is -0.136. The van der Waals surface area contributed by atoms with Crippen molar-refractivity contribution in [3.05, 3.63) is 113 Å². The van der Waals surface area contributed by atoms with E-state index < -0.39 is 5.41 Å². The van der Waals surface area contributed by atoms with Crippen LogP contribution in [0.1, 0.15) is 23.9 Å². The minimum absolute atomic E-state index is 0.0335. The summed E-state index contributed by atoms with van der Waals surface area (Å²) >= 11 is 6.08. The minimum Gasteiger partial charge on any atom is -0.467 e. The van der Waals surface area contributed by atoms with Gasteiger partial charge in [0.1, 0.15) is 5.76 Å². The summed E-state index contributed by atoms with van der Waals surface area (Å²) in [5, 5.41) is 5.34. The molecule has 35 heavy (non-hydrogen) atoms. The summed E-state index contributed by atoms with van der Waals surface area (Å²) in [6, 6.07) is 23.2. The Balaban J connectivity index is 1.61. The largest absolute Gasteiger partial charge is 0.467 e. The van der Waals surface area contributed by atoms with E-state index in [2.05, 4.69) is 10.1 Å². The smallest absolute Gasteiger partial charge is 0.235 e. The van der Waals surface area contributed by atoms with Gasteiger partial charge in [0, 0.05) is 23.8 Å². The van der Waals surface area contributed by atoms with Crippen molar-refractivity contribution in [2.75, 3.05) is 7.05 Å². The van der Waals surface area contributed by atoms with Crippen molar-refractivity contribution >= 4 is 23.2 Å². The third-order valence-corrected chi connectivity index (χ3v) is 6.57. The second-order valence-electron chi connectivity index (χ2n) is 8.87. The molecule has 176 valence electrons. The molecule has 1 atom stereocenters. The van der Waals surface area contributed by atoms with Crippen molar-refractivity contribution in [2.24, 2.45) is 0 Å². The zero-order valence-corrected chi connectivity index (χ0v) is 20.3. The van der Waals surface area contributed by atoms with E-state index in [1.165, 1.54) is 0 Å². The lowest BCUT2D eigenvalue weighted by Gasteiger charge is -2.33. The maximum absolute atomic E-state index is 14.1. The average Bonchev–Trinajstić information content (AvgIpc) is 3.54. The molecule has 0 aliphatic heterocycles. The van der Waals surface area contributed by atoms with E-state index in [0.29, 0.717) is 23.6 Å². The van der Waals surface area contributed by atoms with Gasteiger partial charge in [-0.2, -0.15) is 5.10 Å². The Morgan fingerprint density at radius 1 is 1.06 bits per heavy atom. The van der Waals surface area contributed by atoms with Crippen molar-refractivity contribution in [3.63, 3.8) is 0 Å². The molecule has 0 saturated heterocycles. The van der Waals surface area contributed by atoms with Gasteiger partial charge in [0.15, 0.2) is 5.65 Å². The van der Waals surface area contributed by atoms with E-state index in [1.807, 2.05) is 79.7 Å². The van der Waals surface area contributed by atoms with E-state index >= 15 is 0 Å². The van der Waals surface area contributed by atoms with Gasteiger partial charge in [-0.1, -0.05) is 54.1 Å². The third-order valence-electron chi connectivity index (χ3n) is 6.31. The topological polar surface area (TPSA) is 63.6 Å². The van der Waals surface area contributed by atoms with Crippen LogP contribution in [0.25, 0.3) is 16.8 Å². The highest BCUT2D eigenvalue weighted by Gasteiger charge is 2.40. The number of carbonyl (C=O) groups excluding carboxylic acids is 1. The summed E-state index contributed by atoms with van der Waals surface area (Å²) in [6.45, 7) is 2.35. The molecule has 1 unspecified atom stereocenters. The Hall–Kier alpha value is -3.90. The number of hydrogen-bond donors (Lipinski definition) is 0. The molecule has 6 nitrogen and oxygen atoms in total. The van der Waals surface area contributed by atoms with E-state index in [0.717, 1.165) is 28.1 Å². The van der Waals surface area contributed by atoms with E-state index in [1.54, 1.807) is 35.1 Å². The SMILES string of the molecule is CN(Cc1ccco1)C(=O)C(C)(Cc1ccccc1)c1ccnc2c(-c3ccc(Cl)cc3)cnn12. The molecule has 0 fully saturated rings. The molecule has 0 aliphatic rings. The average molecular weight is 485 g/mol. The number of rotatable bonds is 7. The van der Waals surface area contributed by atoms with Gasteiger partial charge in [-0.3, -0.25) is 4.79 Å². The first-order valence-electron chi connectivity index (χ1n) is 11.4. The Kier molecular flexibility index (Phi) is 6.14. The van der Waals surface area contributed by atoms with E-state index in [4.69, 9.17) is 16.0 Å². The van der Waals surface area contributed by atoms with Crippen LogP contribution in [0, 0.1) is 0 Å². The van der Waals surface area contributed by atoms with Crippen molar-refractivity contribution in [1.82, 2.24) is 19.5 Å². The maximum Gasteiger partial charge on any atom is 0.235 e. The van der Waals surface area contributed by atoms with Crippen LogP contribution in [-0.2, 0) is 23.2 Å². The second-order valence-corrected chi connectivity index (χ2v) is 9.30. The Bertz CT molecular complexity index is 1450. The zero-order chi connectivity index (χ0) is 24.4. The second kappa shape index (κ2) is 9.39. The molecular formula is C28H25ClN4O2. The van der Waals surface area contributed by atoms with Crippen molar-refractivity contribution in [1.29, 1.82) is 0 Å². The summed E-state index contributed by atoms with van der Waals surface area (Å²) < 4.78 is 7.27. The number of nitrogens with zero attached hydrogens (tertiary/aromatic N) is 4. The molecule has 0 aliphatic carbocycles. The van der Waals surface area contributed by atoms with Crippen LogP contribution >= 0.6 is 11.6 Å². The number of halogens is 1. The number of hydrogen-bond acceptors (Lipinski definition) is 4. The summed E-state index contributed by atoms with van der Waals surface area (Å²) in [4.78, 5) is 20.4. The van der Waals surface area contributed by atoms with Crippen LogP contribution < -0.4 is 0 Å². The molecule has 5 aromatic rings. The van der Waals surface area contributed by atoms with Crippen LogP contribution in [0.5, 0.6) is 0 Å². The molecule has 0 N–H and O–H groups in total. The molecule has 0 bridgehead atoms. The number of aromatic nitrogens is 3. The number of amides is 1. The minimum atomic E-state index is -0.910. The molecule has 0 radical (unpaired) electrons. The number of furan rings is 1. The van der Waals surface area contributed by atoms with Crippen molar-refractivity contribution in [3.8, 4) is 11.1 Å². The highest BCUT2D eigenvalue weighted by atomic mass is 35.5. The first-order valence-corrected chi connectivity index (χ1v) is 11.7. The summed E-state index contributed by atoms with van der Waals surface area (Å²) in [5.41, 5.74) is 3.44. The predicted octanol–water partition coefficient (Wildman–Crippen LogP) is 5.80. The quantitative estimate of drug-likeness (QED) is 0.293. The normalized spacial score (nSPS) is 13.0. The molecule has 1 amide bonds. The van der Waals surface area contributed by atoms with Crippen LogP contribution in [0.15, 0.2) is 95.9 Å². The van der Waals surface area contributed by atoms with Gasteiger partial charge in [0.25, 0.3) is 0 Å². The molecule has 3 heterocycles. The number of fused-ring (bicyclic) bond motifs is 1. The molecule has 0 spiro atoms. The zero-order valence-electron chi connectivity index (χ0n) is 19.6. The van der Waals surface area contributed by atoms with E-state index in [9.17, 15) is 4.79 Å². The first-order chi connectivity index (χ1) is 17.0. The Morgan fingerprint density at radius 3 is 2.54 bits per heavy atom. The van der Waals surface area contributed by atoms with Crippen LogP contribution in [0.3, 0.4) is 0 Å². The fraction of sp³-hybridized carbons (Fsp3) is 0.179. The standard InChI is InChI=1S/C28H25ClN4O2/c1-28(17-20-7-4-3-5-8-20,27(34)32(2)19-23-9-6-16-35-23)25-14-15-30-26-24(18-31-33(25)26)21-10-12-22(29)13-11-21/h3-16,18H,17,19H2,1-2H3. The van der Waals surface area contributed by atoms with Crippen LogP contribution in [0.2, 0.25) is 5.02 Å². The molecule has 2 aromatic carbocycles. The Morgan fingerprint density at radius 2 is 1.83 bits per heavy atom. The molecular weight excluding hydrogens is 460 g/mol. The number of benzene rings is 2. The van der Waals surface area contributed by atoms with Crippen LogP contribution in [-0.4, -0.2) is 32.5 Å². The maximum atomic E-state index is 14.1. The van der Waals surface area contributed by atoms with Gasteiger partial charge in [0.05, 0.1) is 30.1 Å². The first kappa shape index (κ1) is 22.9. The van der Waals surface area contributed by atoms with E-state index in [-0.39, 0.29) is 5.91 Å². The molecule has 0 saturated carbocycles. The summed E-state index contributed by atoms with van der Waals surface area (Å²) in [6.07, 6.45) is 5.65. The van der Waals surface area contributed by atoms with Gasteiger partial charge < -0.3 is 9.32 Å². The van der Waals surface area contributed by atoms with Gasteiger partial charge in [-0.15, -0.1) is 0 Å². The third kappa shape index (κ3) is 4.45. The summed E-state index contributed by atoms with van der Waals surface area (Å²) in [5.74, 6) is 0.695. The lowest BCUT2D eigenvalue weighted by atomic mass is 9.78. The highest BCUT2D eigenvalue weighted by molar-refractivity contribution is 6.30. The number of carbonyl (C=O) groups is 1. The molecule has 3 aromatic heterocycles. The highest BCUT2D eigenvalue weighted by Crippen LogP contribution is 2.33. The van der Waals surface area contributed by atoms with Gasteiger partial charge in [0.2, 0.25) is 5.91 Å². The monoisotopic (exact) mass is 484 g/mol. The molecule has 5 rings (SSSR count). The number of likely N-dealkylation sites (N-methyl/N-ethyl adjacent to an activating group) is 1. The summed E-state index contributed by atoms with van der Waals surface area (Å²) in [7, 11) is 1.80. The molecule has 7 heteroatoms. The van der Waals surface area contributed by atoms with Gasteiger partial charge >= 0.3 is 0 Å². The van der Waals surface area contributed by atoms with Crippen LogP contribution in [0.4, 0.5) is 0 Å². The van der Waals surface area contributed by atoms with Crippen molar-refractivity contribution < 1.29 is 9.21 Å².